The van der Waals surface area contributed by atoms with Gasteiger partial charge in [0, 0.05) is 17.1 Å². The van der Waals surface area contributed by atoms with E-state index in [0.29, 0.717) is 23.6 Å². The first-order valence-corrected chi connectivity index (χ1v) is 11.4. The van der Waals surface area contributed by atoms with Crippen LogP contribution >= 0.6 is 11.6 Å². The lowest BCUT2D eigenvalue weighted by molar-refractivity contribution is -0.337. The highest BCUT2D eigenvalue weighted by atomic mass is 35.5. The Kier molecular flexibility index (Phi) is 7.00. The zero-order valence-corrected chi connectivity index (χ0v) is 19.3. The summed E-state index contributed by atoms with van der Waals surface area (Å²) in [6, 6.07) is 12.8. The Morgan fingerprint density at radius 1 is 1.15 bits per heavy atom. The molecule has 8 nitrogen and oxygen atoms in total. The average Bonchev–Trinajstić information content (AvgIpc) is 3.20. The molecule has 0 radical (unpaired) electrons. The van der Waals surface area contributed by atoms with Gasteiger partial charge in [0.25, 0.3) is 0 Å². The zero-order valence-electron chi connectivity index (χ0n) is 18.6. The highest BCUT2D eigenvalue weighted by Crippen LogP contribution is 2.51. The molecule has 2 heterocycles. The van der Waals surface area contributed by atoms with Crippen molar-refractivity contribution in [2.45, 2.75) is 49.1 Å². The summed E-state index contributed by atoms with van der Waals surface area (Å²) in [4.78, 5) is 0. The molecule has 2 aliphatic heterocycles. The van der Waals surface area contributed by atoms with Crippen LogP contribution in [0.2, 0.25) is 5.02 Å². The molecule has 33 heavy (non-hydrogen) atoms. The predicted molar refractivity (Wildman–Crippen MR) is 121 cm³/mol. The fourth-order valence-electron chi connectivity index (χ4n) is 4.60. The summed E-state index contributed by atoms with van der Waals surface area (Å²) in [5, 5.41) is 46.2. The summed E-state index contributed by atoms with van der Waals surface area (Å²) >= 11 is 6.47. The van der Waals surface area contributed by atoms with Crippen LogP contribution in [0.15, 0.2) is 42.5 Å². The van der Waals surface area contributed by atoms with Gasteiger partial charge in [-0.05, 0) is 55.8 Å². The number of aliphatic hydroxyl groups is 4. The van der Waals surface area contributed by atoms with Crippen LogP contribution in [0, 0.1) is 0 Å². The second kappa shape index (κ2) is 9.48. The molecule has 0 spiro atoms. The van der Waals surface area contributed by atoms with Crippen molar-refractivity contribution in [2.75, 3.05) is 26.8 Å². The molecule has 0 saturated carbocycles. The molecule has 0 amide bonds. The summed E-state index contributed by atoms with van der Waals surface area (Å²) in [6.45, 7) is 2.40. The molecular weight excluding hydrogens is 450 g/mol. The van der Waals surface area contributed by atoms with Gasteiger partial charge in [0.2, 0.25) is 5.79 Å². The monoisotopic (exact) mass is 479 g/mol. The highest BCUT2D eigenvalue weighted by Gasteiger charge is 2.69. The number of ether oxygens (including phenoxy) is 3. The molecule has 0 aliphatic carbocycles. The van der Waals surface area contributed by atoms with Gasteiger partial charge >= 0.3 is 0 Å². The molecule has 4 rings (SSSR count). The fraction of sp³-hybridized carbons (Fsp3) is 0.500. The topological polar surface area (TPSA) is 121 Å². The van der Waals surface area contributed by atoms with Crippen LogP contribution in [-0.2, 0) is 21.7 Å². The van der Waals surface area contributed by atoms with E-state index in [0.717, 1.165) is 16.9 Å². The minimum absolute atomic E-state index is 0.100. The summed E-state index contributed by atoms with van der Waals surface area (Å²) in [6.07, 6.45) is -5.38. The summed E-state index contributed by atoms with van der Waals surface area (Å²) in [5.41, 5.74) is 0.601. The maximum Gasteiger partial charge on any atom is 0.225 e. The van der Waals surface area contributed by atoms with Gasteiger partial charge < -0.3 is 40.0 Å². The fourth-order valence-corrected chi connectivity index (χ4v) is 4.78. The lowest BCUT2D eigenvalue weighted by atomic mass is 9.80. The molecule has 1 unspecified atom stereocenters. The Morgan fingerprint density at radius 3 is 2.55 bits per heavy atom. The van der Waals surface area contributed by atoms with Crippen molar-refractivity contribution < 1.29 is 34.6 Å². The Morgan fingerprint density at radius 2 is 1.88 bits per heavy atom. The minimum Gasteiger partial charge on any atom is -0.494 e. The maximum atomic E-state index is 10.9. The molecule has 5 N–H and O–H groups in total. The Labute approximate surface area is 197 Å². The van der Waals surface area contributed by atoms with E-state index in [-0.39, 0.29) is 13.2 Å². The predicted octanol–water partition coefficient (Wildman–Crippen LogP) is 0.945. The van der Waals surface area contributed by atoms with Gasteiger partial charge in [-0.15, -0.1) is 0 Å². The van der Waals surface area contributed by atoms with Crippen LogP contribution in [0.3, 0.4) is 0 Å². The SMILES string of the molecule is CCOc1ccc(Cc2cc([C@]34OC[C@](C(O)CNC)(O3)[C@@H](O)[C@H](O)[C@H]4O)ccc2Cl)cc1. The Bertz CT molecular complexity index is 974. The van der Waals surface area contributed by atoms with Crippen LogP contribution in [0.4, 0.5) is 0 Å². The highest BCUT2D eigenvalue weighted by molar-refractivity contribution is 6.31. The first kappa shape index (κ1) is 24.4. The number of aliphatic hydroxyl groups excluding tert-OH is 4. The average molecular weight is 480 g/mol. The van der Waals surface area contributed by atoms with Crippen molar-refractivity contribution in [3.63, 3.8) is 0 Å². The molecule has 6 atom stereocenters. The van der Waals surface area contributed by atoms with Crippen molar-refractivity contribution in [2.24, 2.45) is 0 Å². The van der Waals surface area contributed by atoms with Crippen molar-refractivity contribution in [1.29, 1.82) is 0 Å². The van der Waals surface area contributed by atoms with E-state index >= 15 is 0 Å². The van der Waals surface area contributed by atoms with Crippen molar-refractivity contribution in [1.82, 2.24) is 5.32 Å². The van der Waals surface area contributed by atoms with Gasteiger partial charge in [-0.25, -0.2) is 0 Å². The van der Waals surface area contributed by atoms with E-state index in [1.54, 1.807) is 25.2 Å². The molecule has 180 valence electrons. The molecule has 2 bridgehead atoms. The number of benzene rings is 2. The number of nitrogens with one attached hydrogen (secondary N) is 1. The van der Waals surface area contributed by atoms with Gasteiger partial charge in [-0.2, -0.15) is 0 Å². The molecule has 2 aliphatic rings. The molecule has 2 saturated heterocycles. The Hall–Kier alpha value is -1.75. The molecular formula is C24H30ClNO7. The van der Waals surface area contributed by atoms with Crippen LogP contribution in [0.5, 0.6) is 5.75 Å². The quantitative estimate of drug-likeness (QED) is 0.379. The number of likely N-dealkylation sites (N-methyl/N-ethyl adjacent to an activating group) is 1. The largest absolute Gasteiger partial charge is 0.494 e. The zero-order chi connectivity index (χ0) is 23.8. The van der Waals surface area contributed by atoms with Crippen molar-refractivity contribution >= 4 is 11.6 Å². The van der Waals surface area contributed by atoms with E-state index in [1.807, 2.05) is 31.2 Å². The first-order chi connectivity index (χ1) is 15.8. The second-order valence-corrected chi connectivity index (χ2v) is 8.93. The smallest absolute Gasteiger partial charge is 0.225 e. The van der Waals surface area contributed by atoms with E-state index in [2.05, 4.69) is 5.32 Å². The van der Waals surface area contributed by atoms with Crippen LogP contribution in [-0.4, -0.2) is 77.2 Å². The number of hydrogen-bond acceptors (Lipinski definition) is 8. The van der Waals surface area contributed by atoms with E-state index < -0.39 is 35.8 Å². The molecule has 2 aromatic rings. The lowest BCUT2D eigenvalue weighted by Gasteiger charge is -2.48. The third-order valence-corrected chi connectivity index (χ3v) is 6.80. The number of rotatable bonds is 8. The first-order valence-electron chi connectivity index (χ1n) is 11.0. The van der Waals surface area contributed by atoms with E-state index in [1.165, 1.54) is 0 Å². The van der Waals surface area contributed by atoms with Gasteiger partial charge in [0.05, 0.1) is 13.2 Å². The number of halogens is 1. The third-order valence-electron chi connectivity index (χ3n) is 6.43. The standard InChI is InChI=1S/C24H30ClNO7/c1-3-31-17-7-4-14(5-8-17)10-15-11-16(6-9-18(15)25)24-22(30)20(28)21(29)23(33-24,13-32-24)19(27)12-26-2/h4-9,11,19-22,26-30H,3,10,12-13H2,1-2H3/t19?,20-,21-,22+,23+,24-/m0/s1. The van der Waals surface area contributed by atoms with Crippen molar-refractivity contribution in [3.8, 4) is 5.75 Å². The van der Waals surface area contributed by atoms with Crippen molar-refractivity contribution in [3.05, 3.63) is 64.2 Å². The maximum absolute atomic E-state index is 10.9. The lowest BCUT2D eigenvalue weighted by Crippen LogP contribution is -2.69. The van der Waals surface area contributed by atoms with Gasteiger partial charge in [0.15, 0.2) is 5.60 Å². The van der Waals surface area contributed by atoms with E-state index in [9.17, 15) is 20.4 Å². The molecule has 2 aromatic carbocycles. The van der Waals surface area contributed by atoms with Gasteiger partial charge in [-0.3, -0.25) is 0 Å². The summed E-state index contributed by atoms with van der Waals surface area (Å²) in [7, 11) is 1.65. The van der Waals surface area contributed by atoms with Crippen LogP contribution in [0.25, 0.3) is 0 Å². The minimum atomic E-state index is -1.76. The molecule has 2 fully saturated rings. The summed E-state index contributed by atoms with van der Waals surface area (Å²) < 4.78 is 17.5. The third kappa shape index (κ3) is 4.15. The van der Waals surface area contributed by atoms with Crippen LogP contribution < -0.4 is 10.1 Å². The van der Waals surface area contributed by atoms with E-state index in [4.69, 9.17) is 25.8 Å². The Balaban J connectivity index is 1.67. The number of fused-ring (bicyclic) bond motifs is 2. The second-order valence-electron chi connectivity index (χ2n) is 8.53. The van der Waals surface area contributed by atoms with Gasteiger partial charge in [-0.1, -0.05) is 29.8 Å². The molecule has 0 aromatic heterocycles. The molecule has 9 heteroatoms. The van der Waals surface area contributed by atoms with Crippen LogP contribution in [0.1, 0.15) is 23.6 Å². The van der Waals surface area contributed by atoms with Gasteiger partial charge in [0.1, 0.15) is 30.2 Å². The number of hydrogen-bond donors (Lipinski definition) is 5. The normalized spacial score (nSPS) is 32.0. The summed E-state index contributed by atoms with van der Waals surface area (Å²) in [5.74, 6) is -0.979.